The second-order valence-electron chi connectivity index (χ2n) is 9.48. The second kappa shape index (κ2) is 7.86. The molecule has 2 rings (SSSR count). The Bertz CT molecular complexity index is 714. The molecule has 0 unspecified atom stereocenters. The molecule has 1 atom stereocenters. The number of hydrogen-bond donors (Lipinski definition) is 0. The molecule has 0 heterocycles. The smallest absolute Gasteiger partial charge is 0.126 e. The minimum atomic E-state index is 0.0486. The van der Waals surface area contributed by atoms with Crippen molar-refractivity contribution in [1.29, 1.82) is 0 Å². The van der Waals surface area contributed by atoms with Crippen molar-refractivity contribution in [2.24, 2.45) is 0 Å². The van der Waals surface area contributed by atoms with E-state index < -0.39 is 0 Å². The van der Waals surface area contributed by atoms with Crippen LogP contribution < -0.4 is 4.74 Å². The third-order valence-corrected chi connectivity index (χ3v) is 4.91. The molecule has 0 saturated heterocycles. The van der Waals surface area contributed by atoms with E-state index in [9.17, 15) is 0 Å². The van der Waals surface area contributed by atoms with Crippen molar-refractivity contribution in [1.82, 2.24) is 0 Å². The number of aryl methyl sites for hydroxylation is 1. The number of hydrogen-bond acceptors (Lipinski definition) is 1. The Labute approximate surface area is 160 Å². The van der Waals surface area contributed by atoms with Gasteiger partial charge in [0.15, 0.2) is 0 Å². The van der Waals surface area contributed by atoms with E-state index in [2.05, 4.69) is 97.9 Å². The lowest BCUT2D eigenvalue weighted by atomic mass is 9.78. The van der Waals surface area contributed by atoms with E-state index in [0.29, 0.717) is 0 Å². The third-order valence-electron chi connectivity index (χ3n) is 4.91. The lowest BCUT2D eigenvalue weighted by molar-refractivity contribution is 0.215. The predicted octanol–water partition coefficient (Wildman–Crippen LogP) is 6.85. The van der Waals surface area contributed by atoms with Crippen LogP contribution in [-0.4, -0.2) is 6.10 Å². The summed E-state index contributed by atoms with van der Waals surface area (Å²) >= 11 is 0. The molecule has 0 radical (unpaired) electrons. The van der Waals surface area contributed by atoms with E-state index in [1.165, 1.54) is 22.3 Å². The molecule has 1 nitrogen and oxygen atoms in total. The Balaban J connectivity index is 2.42. The minimum absolute atomic E-state index is 0.0486. The molecule has 142 valence electrons. The Morgan fingerprint density at radius 1 is 0.885 bits per heavy atom. The monoisotopic (exact) mass is 352 g/mol. The average molecular weight is 353 g/mol. The summed E-state index contributed by atoms with van der Waals surface area (Å²) in [6, 6.07) is 15.3. The normalized spacial score (nSPS) is 13.5. The van der Waals surface area contributed by atoms with Gasteiger partial charge in [-0.15, -0.1) is 0 Å². The minimum Gasteiger partial charge on any atom is -0.490 e. The first kappa shape index (κ1) is 20.6. The molecule has 0 fully saturated rings. The van der Waals surface area contributed by atoms with Gasteiger partial charge in [-0.3, -0.25) is 0 Å². The Kier molecular flexibility index (Phi) is 6.21. The summed E-state index contributed by atoms with van der Waals surface area (Å²) in [6.07, 6.45) is 2.05. The maximum absolute atomic E-state index is 6.57. The molecule has 2 aromatic rings. The summed E-state index contributed by atoms with van der Waals surface area (Å²) in [5, 5.41) is 0. The summed E-state index contributed by atoms with van der Waals surface area (Å²) in [5.74, 6) is 1.09. The van der Waals surface area contributed by atoms with Gasteiger partial charge in [0.2, 0.25) is 0 Å². The van der Waals surface area contributed by atoms with E-state index in [0.717, 1.165) is 18.6 Å². The Hall–Kier alpha value is -1.76. The number of ether oxygens (including phenoxy) is 1. The molecule has 0 aliphatic heterocycles. The highest BCUT2D eigenvalue weighted by atomic mass is 16.5. The van der Waals surface area contributed by atoms with Gasteiger partial charge in [0, 0.05) is 12.0 Å². The van der Waals surface area contributed by atoms with E-state index in [-0.39, 0.29) is 16.9 Å². The van der Waals surface area contributed by atoms with E-state index in [4.69, 9.17) is 4.74 Å². The van der Waals surface area contributed by atoms with E-state index in [1.807, 2.05) is 0 Å². The SMILES string of the molecule is CCc1cc(C(C)(C)C)cc(C(C)(C)C)c1O[C@H](C)Cc1ccccc1. The molecule has 0 saturated carbocycles. The topological polar surface area (TPSA) is 9.23 Å². The molecule has 0 bridgehead atoms. The highest BCUT2D eigenvalue weighted by Gasteiger charge is 2.26. The van der Waals surface area contributed by atoms with Crippen molar-refractivity contribution in [3.8, 4) is 5.75 Å². The van der Waals surface area contributed by atoms with Crippen molar-refractivity contribution >= 4 is 0 Å². The molecule has 0 aromatic heterocycles. The molecule has 0 spiro atoms. The molecule has 2 aromatic carbocycles. The van der Waals surface area contributed by atoms with Gasteiger partial charge in [-0.1, -0.05) is 90.9 Å². The maximum atomic E-state index is 6.57. The fourth-order valence-electron chi connectivity index (χ4n) is 3.27. The first-order valence-corrected chi connectivity index (χ1v) is 9.91. The zero-order valence-electron chi connectivity index (χ0n) is 17.9. The maximum Gasteiger partial charge on any atom is 0.126 e. The van der Waals surface area contributed by atoms with Gasteiger partial charge in [0.05, 0.1) is 6.10 Å². The number of rotatable bonds is 5. The van der Waals surface area contributed by atoms with Crippen LogP contribution in [0.2, 0.25) is 0 Å². The summed E-state index contributed by atoms with van der Waals surface area (Å²) in [6.45, 7) is 18.1. The van der Waals surface area contributed by atoms with Crippen LogP contribution in [0.1, 0.15) is 77.6 Å². The highest BCUT2D eigenvalue weighted by molar-refractivity contribution is 5.49. The van der Waals surface area contributed by atoms with Gasteiger partial charge in [0.25, 0.3) is 0 Å². The molecule has 0 aliphatic rings. The van der Waals surface area contributed by atoms with Crippen LogP contribution in [0.4, 0.5) is 0 Å². The molecular weight excluding hydrogens is 316 g/mol. The molecular formula is C25H36O. The molecule has 26 heavy (non-hydrogen) atoms. The standard InChI is InChI=1S/C25H36O/c1-9-20-16-21(24(3,4)5)17-22(25(6,7)8)23(20)26-18(2)15-19-13-11-10-12-14-19/h10-14,16-18H,9,15H2,1-8H3/t18-/m1/s1. The van der Waals surface area contributed by atoms with Crippen LogP contribution >= 0.6 is 0 Å². The highest BCUT2D eigenvalue weighted by Crippen LogP contribution is 2.39. The van der Waals surface area contributed by atoms with Gasteiger partial charge in [-0.25, -0.2) is 0 Å². The summed E-state index contributed by atoms with van der Waals surface area (Å²) in [7, 11) is 0. The lowest BCUT2D eigenvalue weighted by Gasteiger charge is -2.30. The molecule has 0 amide bonds. The quantitative estimate of drug-likeness (QED) is 0.571. The van der Waals surface area contributed by atoms with Gasteiger partial charge in [-0.05, 0) is 40.9 Å². The predicted molar refractivity (Wildman–Crippen MR) is 113 cm³/mol. The molecule has 0 aliphatic carbocycles. The van der Waals surface area contributed by atoms with E-state index >= 15 is 0 Å². The van der Waals surface area contributed by atoms with Crippen LogP contribution in [0.3, 0.4) is 0 Å². The van der Waals surface area contributed by atoms with Crippen LogP contribution in [-0.2, 0) is 23.7 Å². The van der Waals surface area contributed by atoms with Crippen LogP contribution in [0.25, 0.3) is 0 Å². The van der Waals surface area contributed by atoms with Crippen LogP contribution in [0.15, 0.2) is 42.5 Å². The van der Waals surface area contributed by atoms with Gasteiger partial charge in [0.1, 0.15) is 5.75 Å². The second-order valence-corrected chi connectivity index (χ2v) is 9.48. The van der Waals surface area contributed by atoms with Gasteiger partial charge < -0.3 is 4.74 Å². The van der Waals surface area contributed by atoms with Crippen molar-refractivity contribution in [2.45, 2.75) is 85.2 Å². The Morgan fingerprint density at radius 3 is 2.00 bits per heavy atom. The lowest BCUT2D eigenvalue weighted by Crippen LogP contribution is -2.22. The van der Waals surface area contributed by atoms with Crippen molar-refractivity contribution in [3.05, 3.63) is 64.7 Å². The fraction of sp³-hybridized carbons (Fsp3) is 0.520. The summed E-state index contributed by atoms with van der Waals surface area (Å²) in [5.41, 5.74) is 5.54. The fourth-order valence-corrected chi connectivity index (χ4v) is 3.27. The third kappa shape index (κ3) is 5.13. The van der Waals surface area contributed by atoms with Crippen LogP contribution in [0, 0.1) is 0 Å². The van der Waals surface area contributed by atoms with Crippen molar-refractivity contribution in [3.63, 3.8) is 0 Å². The summed E-state index contributed by atoms with van der Waals surface area (Å²) < 4.78 is 6.57. The van der Waals surface area contributed by atoms with Gasteiger partial charge in [-0.2, -0.15) is 0 Å². The van der Waals surface area contributed by atoms with Crippen molar-refractivity contribution in [2.75, 3.05) is 0 Å². The van der Waals surface area contributed by atoms with Crippen LogP contribution in [0.5, 0.6) is 5.75 Å². The zero-order valence-corrected chi connectivity index (χ0v) is 17.9. The number of benzene rings is 2. The average Bonchev–Trinajstić information content (AvgIpc) is 2.53. The van der Waals surface area contributed by atoms with Crippen molar-refractivity contribution < 1.29 is 4.74 Å². The first-order valence-electron chi connectivity index (χ1n) is 9.91. The molecule has 1 heteroatoms. The largest absolute Gasteiger partial charge is 0.490 e. The molecule has 0 N–H and O–H groups in total. The first-order chi connectivity index (χ1) is 12.0. The Morgan fingerprint density at radius 2 is 1.50 bits per heavy atom. The van der Waals surface area contributed by atoms with E-state index in [1.54, 1.807) is 0 Å². The zero-order chi connectivity index (χ0) is 19.5. The van der Waals surface area contributed by atoms with Gasteiger partial charge >= 0.3 is 0 Å². The summed E-state index contributed by atoms with van der Waals surface area (Å²) in [4.78, 5) is 0.